The van der Waals surface area contributed by atoms with Crippen LogP contribution in [0.3, 0.4) is 0 Å². The first-order valence-electron chi connectivity index (χ1n) is 13.1. The molecule has 0 aromatic heterocycles. The van der Waals surface area contributed by atoms with E-state index in [1.54, 1.807) is 39.0 Å². The molecule has 0 unspecified atom stereocenters. The van der Waals surface area contributed by atoms with Gasteiger partial charge >= 0.3 is 18.0 Å². The van der Waals surface area contributed by atoms with E-state index in [0.29, 0.717) is 40.7 Å². The summed E-state index contributed by atoms with van der Waals surface area (Å²) in [6, 6.07) is 7.43. The average Bonchev–Trinajstić information content (AvgIpc) is 2.95. The van der Waals surface area contributed by atoms with Crippen molar-refractivity contribution in [1.29, 1.82) is 0 Å². The van der Waals surface area contributed by atoms with Gasteiger partial charge in [0, 0.05) is 14.8 Å². The van der Waals surface area contributed by atoms with E-state index in [0.717, 1.165) is 7.14 Å². The fraction of sp³-hybridized carbons (Fsp3) is 0.357. The van der Waals surface area contributed by atoms with E-state index >= 15 is 0 Å². The van der Waals surface area contributed by atoms with Crippen LogP contribution in [-0.2, 0) is 19.1 Å². The summed E-state index contributed by atoms with van der Waals surface area (Å²) < 4.78 is 28.7. The summed E-state index contributed by atoms with van der Waals surface area (Å²) in [6.45, 7) is 5.26. The minimum Gasteiger partial charge on any atom is -0.490 e. The summed E-state index contributed by atoms with van der Waals surface area (Å²) in [5.41, 5.74) is 4.40. The van der Waals surface area contributed by atoms with Gasteiger partial charge in [-0.1, -0.05) is 6.07 Å². The number of carbonyl (C=O) groups is 3. The Hall–Kier alpha value is -3.32. The molecule has 2 aromatic rings. The van der Waals surface area contributed by atoms with Crippen LogP contribution in [0, 0.1) is 7.14 Å². The molecular weight excluding hydrogens is 790 g/mol. The quantitative estimate of drug-likeness (QED) is 0.0731. The Morgan fingerprint density at radius 1 is 1.12 bits per heavy atom. The molecule has 2 aromatic carbocycles. The van der Waals surface area contributed by atoms with Gasteiger partial charge in [0.1, 0.15) is 12.4 Å². The van der Waals surface area contributed by atoms with E-state index in [9.17, 15) is 19.5 Å². The number of nitrogens with one attached hydrogen (secondary N) is 3. The van der Waals surface area contributed by atoms with E-state index in [1.165, 1.54) is 13.3 Å². The number of aliphatic hydroxyl groups is 1. The highest BCUT2D eigenvalue weighted by Gasteiger charge is 2.32. The van der Waals surface area contributed by atoms with Gasteiger partial charge in [-0.3, -0.25) is 5.43 Å². The van der Waals surface area contributed by atoms with E-state index < -0.39 is 30.2 Å². The summed E-state index contributed by atoms with van der Waals surface area (Å²) in [7, 11) is 1.27. The number of benzene rings is 2. The molecule has 15 heteroatoms. The highest BCUT2D eigenvalue weighted by Crippen LogP contribution is 2.35. The third kappa shape index (κ3) is 9.59. The molecule has 3 rings (SSSR count). The van der Waals surface area contributed by atoms with Crippen LogP contribution in [-0.4, -0.2) is 69.1 Å². The number of rotatable bonds is 14. The van der Waals surface area contributed by atoms with Crippen molar-refractivity contribution in [2.45, 2.75) is 33.0 Å². The Morgan fingerprint density at radius 2 is 1.88 bits per heavy atom. The maximum absolute atomic E-state index is 12.4. The van der Waals surface area contributed by atoms with Gasteiger partial charge in [-0.05, 0) is 95.8 Å². The molecule has 0 spiro atoms. The number of allylic oxidation sites excluding steroid dienone is 1. The van der Waals surface area contributed by atoms with Gasteiger partial charge in [0.2, 0.25) is 0 Å². The zero-order valence-electron chi connectivity index (χ0n) is 23.9. The number of carbonyl (C=O) groups excluding carboxylic acids is 3. The molecule has 0 bridgehead atoms. The largest absolute Gasteiger partial charge is 0.490 e. The van der Waals surface area contributed by atoms with Gasteiger partial charge in [-0.15, -0.1) is 0 Å². The minimum absolute atomic E-state index is 0.191. The first kappa shape index (κ1) is 34.2. The molecule has 0 saturated heterocycles. The van der Waals surface area contributed by atoms with Crippen molar-refractivity contribution in [1.82, 2.24) is 16.1 Å². The van der Waals surface area contributed by atoms with E-state index in [4.69, 9.17) is 23.7 Å². The van der Waals surface area contributed by atoms with Crippen molar-refractivity contribution in [3.05, 3.63) is 59.9 Å². The molecule has 1 aliphatic heterocycles. The number of esters is 2. The molecule has 13 nitrogen and oxygen atoms in total. The van der Waals surface area contributed by atoms with Crippen molar-refractivity contribution >= 4 is 69.4 Å². The molecule has 1 aliphatic rings. The van der Waals surface area contributed by atoms with Crippen LogP contribution in [0.2, 0.25) is 0 Å². The maximum Gasteiger partial charge on any atom is 0.344 e. The van der Waals surface area contributed by atoms with E-state index in [1.807, 2.05) is 12.1 Å². The van der Waals surface area contributed by atoms with Gasteiger partial charge in [-0.2, -0.15) is 5.10 Å². The fourth-order valence-corrected chi connectivity index (χ4v) is 6.02. The summed E-state index contributed by atoms with van der Waals surface area (Å²) in [5, 5.41) is 19.9. The molecule has 2 amide bonds. The summed E-state index contributed by atoms with van der Waals surface area (Å²) in [5.74, 6) is 0.0682. The molecule has 0 fully saturated rings. The maximum atomic E-state index is 12.4. The number of ether oxygens (including phenoxy) is 5. The Balaban J connectivity index is 1.70. The van der Waals surface area contributed by atoms with Crippen LogP contribution in [0.4, 0.5) is 4.79 Å². The molecule has 0 saturated carbocycles. The average molecular weight is 822 g/mol. The molecule has 4 N–H and O–H groups in total. The van der Waals surface area contributed by atoms with Gasteiger partial charge in [0.05, 0.1) is 41.7 Å². The second-order valence-electron chi connectivity index (χ2n) is 8.81. The van der Waals surface area contributed by atoms with Crippen LogP contribution in [0.1, 0.15) is 37.9 Å². The number of hydrogen-bond donors (Lipinski definition) is 4. The highest BCUT2D eigenvalue weighted by atomic mass is 127. The zero-order chi connectivity index (χ0) is 31.5. The summed E-state index contributed by atoms with van der Waals surface area (Å²) in [6.07, 6.45) is 0.271. The predicted molar refractivity (Wildman–Crippen MR) is 173 cm³/mol. The lowest BCUT2D eigenvalue weighted by Gasteiger charge is -2.28. The molecular formula is C28H32I2N4O9. The Labute approximate surface area is 276 Å². The van der Waals surface area contributed by atoms with Crippen molar-refractivity contribution in [2.24, 2.45) is 5.10 Å². The lowest BCUT2D eigenvalue weighted by atomic mass is 9.95. The van der Waals surface area contributed by atoms with Crippen LogP contribution in [0.25, 0.3) is 0 Å². The number of nitrogens with zero attached hydrogens (tertiary/aromatic N) is 1. The third-order valence-corrected chi connectivity index (χ3v) is 7.20. The number of hydrazone groups is 1. The van der Waals surface area contributed by atoms with E-state index in [-0.39, 0.29) is 25.4 Å². The normalized spacial score (nSPS) is 15.3. The second-order valence-corrected chi connectivity index (χ2v) is 11.2. The number of methoxy groups -OCH3 is 1. The number of hydrogen-bond acceptors (Lipinski definition) is 11. The van der Waals surface area contributed by atoms with Gasteiger partial charge < -0.3 is 39.4 Å². The van der Waals surface area contributed by atoms with E-state index in [2.05, 4.69) is 66.3 Å². The van der Waals surface area contributed by atoms with Gasteiger partial charge in [0.25, 0.3) is 0 Å². The molecule has 0 radical (unpaired) electrons. The number of amides is 2. The van der Waals surface area contributed by atoms with Gasteiger partial charge in [-0.25, -0.2) is 14.4 Å². The number of urea groups is 1. The minimum atomic E-state index is -1.20. The van der Waals surface area contributed by atoms with Crippen molar-refractivity contribution in [3.8, 4) is 17.2 Å². The second kappa shape index (κ2) is 16.5. The lowest BCUT2D eigenvalue weighted by molar-refractivity contribution is -0.145. The number of halogens is 2. The van der Waals surface area contributed by atoms with Crippen LogP contribution >= 0.6 is 45.2 Å². The SMILES string of the molecule is CCOC(=O)COc1c(I)cc(I)cc1/C=N/N[C@@H](O)COc1ccc([C@H]2NC(=O)NC(C)=C2C(=O)OC)cc1OCC. The van der Waals surface area contributed by atoms with Crippen molar-refractivity contribution < 1.29 is 43.2 Å². The summed E-state index contributed by atoms with van der Waals surface area (Å²) in [4.78, 5) is 36.3. The third-order valence-electron chi connectivity index (χ3n) is 5.78. The van der Waals surface area contributed by atoms with Crippen LogP contribution < -0.4 is 30.3 Å². The lowest BCUT2D eigenvalue weighted by Crippen LogP contribution is -2.45. The smallest absolute Gasteiger partial charge is 0.344 e. The highest BCUT2D eigenvalue weighted by molar-refractivity contribution is 14.1. The van der Waals surface area contributed by atoms with Gasteiger partial charge in [0.15, 0.2) is 24.3 Å². The topological polar surface area (TPSA) is 166 Å². The Morgan fingerprint density at radius 3 is 2.58 bits per heavy atom. The zero-order valence-corrected chi connectivity index (χ0v) is 28.2. The van der Waals surface area contributed by atoms with Crippen molar-refractivity contribution in [3.63, 3.8) is 0 Å². The predicted octanol–water partition coefficient (Wildman–Crippen LogP) is 3.36. The molecule has 2 atom stereocenters. The molecule has 0 aliphatic carbocycles. The Bertz CT molecular complexity index is 1400. The molecule has 1 heterocycles. The summed E-state index contributed by atoms with van der Waals surface area (Å²) >= 11 is 4.26. The monoisotopic (exact) mass is 822 g/mol. The molecule has 232 valence electrons. The van der Waals surface area contributed by atoms with Crippen LogP contribution in [0.5, 0.6) is 17.2 Å². The Kier molecular flexibility index (Phi) is 13.1. The standard InChI is InChI=1S/C28H32I2N4O9/c1-5-40-21-10-16(25-24(27(37)39-4)15(3)32-28(38)33-25)7-8-20(21)42-13-22(35)34-31-12-17-9-18(29)11-19(30)26(17)43-14-23(36)41-6-2/h7-12,22,25,34-35H,5-6,13-14H2,1-4H3,(H2,32,33,38)/b31-12+/t22-,25+/m0/s1. The molecule has 43 heavy (non-hydrogen) atoms. The number of aliphatic hydroxyl groups excluding tert-OH is 1. The van der Waals surface area contributed by atoms with Crippen LogP contribution in [0.15, 0.2) is 46.7 Å². The fourth-order valence-electron chi connectivity index (χ4n) is 3.98. The first-order chi connectivity index (χ1) is 20.6. The first-order valence-corrected chi connectivity index (χ1v) is 15.2. The van der Waals surface area contributed by atoms with Crippen molar-refractivity contribution in [2.75, 3.05) is 33.5 Å².